The van der Waals surface area contributed by atoms with E-state index in [1.807, 2.05) is 12.2 Å². The van der Waals surface area contributed by atoms with E-state index in [4.69, 9.17) is 32.7 Å². The lowest BCUT2D eigenvalue weighted by Crippen LogP contribution is -2.28. The van der Waals surface area contributed by atoms with Crippen molar-refractivity contribution < 1.29 is 23.9 Å². The van der Waals surface area contributed by atoms with Gasteiger partial charge in [0.15, 0.2) is 11.9 Å². The van der Waals surface area contributed by atoms with E-state index in [0.29, 0.717) is 5.56 Å². The first-order valence-electron chi connectivity index (χ1n) is 9.74. The molecule has 0 spiro atoms. The molecular formula is C21H20Cl2N2O5. The van der Waals surface area contributed by atoms with Crippen LogP contribution in [0.15, 0.2) is 29.4 Å². The van der Waals surface area contributed by atoms with Crippen LogP contribution in [0.4, 0.5) is 0 Å². The maximum Gasteiger partial charge on any atom is 0.347 e. The van der Waals surface area contributed by atoms with Gasteiger partial charge in [-0.2, -0.15) is 10.1 Å². The van der Waals surface area contributed by atoms with Gasteiger partial charge in [0, 0.05) is 0 Å². The number of benzene rings is 1. The molecule has 30 heavy (non-hydrogen) atoms. The first-order valence-corrected chi connectivity index (χ1v) is 10.5. The van der Waals surface area contributed by atoms with E-state index < -0.39 is 12.1 Å². The van der Waals surface area contributed by atoms with Crippen molar-refractivity contribution in [1.82, 2.24) is 5.01 Å². The Kier molecular flexibility index (Phi) is 5.59. The van der Waals surface area contributed by atoms with Gasteiger partial charge in [0.05, 0.1) is 34.7 Å². The van der Waals surface area contributed by atoms with Crippen LogP contribution in [-0.4, -0.2) is 41.7 Å². The predicted octanol–water partition coefficient (Wildman–Crippen LogP) is 3.46. The molecular weight excluding hydrogens is 431 g/mol. The Labute approximate surface area is 183 Å². The molecule has 2 bridgehead atoms. The lowest BCUT2D eigenvalue weighted by molar-refractivity contribution is -0.150. The van der Waals surface area contributed by atoms with Gasteiger partial charge in [-0.05, 0) is 49.8 Å². The fourth-order valence-corrected chi connectivity index (χ4v) is 4.97. The average Bonchev–Trinajstić information content (AvgIpc) is 3.37. The smallest absolute Gasteiger partial charge is 0.347 e. The summed E-state index contributed by atoms with van der Waals surface area (Å²) in [5.41, 5.74) is 0.486. The largest absolute Gasteiger partial charge is 0.476 e. The van der Waals surface area contributed by atoms with Crippen molar-refractivity contribution in [1.29, 1.82) is 0 Å². The summed E-state index contributed by atoms with van der Waals surface area (Å²) in [6.07, 6.45) is 5.39. The molecule has 1 heterocycles. The number of amides is 2. The van der Waals surface area contributed by atoms with Crippen molar-refractivity contribution in [3.8, 4) is 5.75 Å². The van der Waals surface area contributed by atoms with Crippen LogP contribution in [0, 0.1) is 23.7 Å². The average molecular weight is 451 g/mol. The molecule has 1 saturated heterocycles. The van der Waals surface area contributed by atoms with Crippen molar-refractivity contribution in [3.63, 3.8) is 0 Å². The van der Waals surface area contributed by atoms with Gasteiger partial charge in [-0.1, -0.05) is 35.4 Å². The minimum atomic E-state index is -0.886. The van der Waals surface area contributed by atoms with Gasteiger partial charge in [0.2, 0.25) is 0 Å². The van der Waals surface area contributed by atoms with Crippen LogP contribution in [0.2, 0.25) is 10.0 Å². The van der Waals surface area contributed by atoms with Crippen LogP contribution in [0.1, 0.15) is 25.8 Å². The van der Waals surface area contributed by atoms with Crippen LogP contribution in [0.3, 0.4) is 0 Å². The third kappa shape index (κ3) is 3.50. The van der Waals surface area contributed by atoms with E-state index in [2.05, 4.69) is 5.10 Å². The fraction of sp³-hybridized carbons (Fsp3) is 0.429. The van der Waals surface area contributed by atoms with Gasteiger partial charge in [0.25, 0.3) is 11.8 Å². The number of hydrazone groups is 1. The molecule has 9 heteroatoms. The van der Waals surface area contributed by atoms with E-state index in [0.717, 1.165) is 11.4 Å². The standard InChI is InChI=1S/C21H20Cl2N2O5/c1-3-29-21(28)10(2)30-18-14(22)6-11(7-15(18)23)9-24-25-19(26)16-12-4-5-13(8-12)17(16)20(25)27/h4-7,9-10,12-13,16-17H,3,8H2,1-2H3/t10-,12-,13-,16-,17+/m0/s1. The Bertz CT molecular complexity index is 923. The maximum atomic E-state index is 12.7. The quantitative estimate of drug-likeness (QED) is 0.286. The number of halogens is 2. The molecule has 158 valence electrons. The molecule has 2 fully saturated rings. The minimum absolute atomic E-state index is 0.123. The van der Waals surface area contributed by atoms with E-state index >= 15 is 0 Å². The number of imide groups is 1. The summed E-state index contributed by atoms with van der Waals surface area (Å²) in [6.45, 7) is 3.46. The normalized spacial score (nSPS) is 27.8. The zero-order valence-corrected chi connectivity index (χ0v) is 17.9. The molecule has 0 N–H and O–H groups in total. The van der Waals surface area contributed by atoms with Gasteiger partial charge < -0.3 is 9.47 Å². The van der Waals surface area contributed by atoms with Crippen molar-refractivity contribution in [2.24, 2.45) is 28.8 Å². The summed E-state index contributed by atoms with van der Waals surface area (Å²) >= 11 is 12.5. The summed E-state index contributed by atoms with van der Waals surface area (Å²) < 4.78 is 10.4. The lowest BCUT2D eigenvalue weighted by Gasteiger charge is -2.16. The number of rotatable bonds is 6. The van der Waals surface area contributed by atoms with Crippen LogP contribution in [0.5, 0.6) is 5.75 Å². The zero-order chi connectivity index (χ0) is 21.6. The number of hydrogen-bond donors (Lipinski definition) is 0. The van der Waals surface area contributed by atoms with Crippen LogP contribution in [-0.2, 0) is 19.1 Å². The van der Waals surface area contributed by atoms with Gasteiger partial charge in [-0.25, -0.2) is 4.79 Å². The minimum Gasteiger partial charge on any atom is -0.476 e. The molecule has 1 saturated carbocycles. The summed E-state index contributed by atoms with van der Waals surface area (Å²) in [7, 11) is 0. The molecule has 2 aliphatic carbocycles. The Hall–Kier alpha value is -2.38. The summed E-state index contributed by atoms with van der Waals surface area (Å²) in [5, 5.41) is 5.39. The highest BCUT2D eigenvalue weighted by molar-refractivity contribution is 6.37. The van der Waals surface area contributed by atoms with E-state index in [9.17, 15) is 14.4 Å². The third-order valence-electron chi connectivity index (χ3n) is 5.70. The second-order valence-corrected chi connectivity index (χ2v) is 8.37. The molecule has 0 radical (unpaired) electrons. The second kappa shape index (κ2) is 8.04. The molecule has 5 atom stereocenters. The monoisotopic (exact) mass is 450 g/mol. The zero-order valence-electron chi connectivity index (χ0n) is 16.4. The number of hydrogen-bond acceptors (Lipinski definition) is 6. The molecule has 0 aromatic heterocycles. The molecule has 1 aromatic rings. The Morgan fingerprint density at radius 1 is 1.20 bits per heavy atom. The highest BCUT2D eigenvalue weighted by atomic mass is 35.5. The summed E-state index contributed by atoms with van der Waals surface area (Å²) in [5.74, 6) is -1.29. The summed E-state index contributed by atoms with van der Waals surface area (Å²) in [4.78, 5) is 37.1. The van der Waals surface area contributed by atoms with Crippen molar-refractivity contribution in [2.45, 2.75) is 26.4 Å². The lowest BCUT2D eigenvalue weighted by atomic mass is 9.85. The summed E-state index contributed by atoms with van der Waals surface area (Å²) in [6, 6.07) is 3.06. The number of ether oxygens (including phenoxy) is 2. The number of carbonyl (C=O) groups excluding carboxylic acids is 3. The molecule has 7 nitrogen and oxygen atoms in total. The van der Waals surface area contributed by atoms with E-state index in [1.54, 1.807) is 6.92 Å². The highest BCUT2D eigenvalue weighted by Gasteiger charge is 2.59. The number of fused-ring (bicyclic) bond motifs is 5. The van der Waals surface area contributed by atoms with Gasteiger partial charge in [-0.3, -0.25) is 9.59 Å². The van der Waals surface area contributed by atoms with Crippen LogP contribution >= 0.6 is 23.2 Å². The Morgan fingerprint density at radius 3 is 2.30 bits per heavy atom. The van der Waals surface area contributed by atoms with Gasteiger partial charge in [0.1, 0.15) is 0 Å². The van der Waals surface area contributed by atoms with E-state index in [1.165, 1.54) is 25.3 Å². The molecule has 0 unspecified atom stereocenters. The Balaban J connectivity index is 1.49. The van der Waals surface area contributed by atoms with Crippen molar-refractivity contribution in [3.05, 3.63) is 39.9 Å². The highest BCUT2D eigenvalue weighted by Crippen LogP contribution is 2.52. The molecule has 3 aliphatic rings. The topological polar surface area (TPSA) is 85.3 Å². The van der Waals surface area contributed by atoms with Crippen LogP contribution < -0.4 is 4.74 Å². The number of allylic oxidation sites excluding steroid dienone is 2. The van der Waals surface area contributed by atoms with Gasteiger partial charge in [-0.15, -0.1) is 0 Å². The Morgan fingerprint density at radius 2 is 1.77 bits per heavy atom. The number of nitrogens with zero attached hydrogens (tertiary/aromatic N) is 2. The fourth-order valence-electron chi connectivity index (χ4n) is 4.38. The SMILES string of the molecule is CCOC(=O)[C@H](C)Oc1c(Cl)cc(C=NN2C(=O)[C@@H]3[C@H](C2=O)[C@H]2C=C[C@H]3C2)cc1Cl. The third-order valence-corrected chi connectivity index (χ3v) is 6.26. The number of esters is 1. The van der Waals surface area contributed by atoms with Crippen LogP contribution in [0.25, 0.3) is 0 Å². The molecule has 2 amide bonds. The maximum absolute atomic E-state index is 12.7. The first-order chi connectivity index (χ1) is 14.3. The van der Waals surface area contributed by atoms with Gasteiger partial charge >= 0.3 is 5.97 Å². The predicted molar refractivity (Wildman–Crippen MR) is 110 cm³/mol. The number of carbonyl (C=O) groups is 3. The van der Waals surface area contributed by atoms with E-state index in [-0.39, 0.29) is 57.9 Å². The second-order valence-electron chi connectivity index (χ2n) is 7.56. The first kappa shape index (κ1) is 20.9. The molecule has 4 rings (SSSR count). The molecule has 1 aromatic carbocycles. The molecule has 1 aliphatic heterocycles. The van der Waals surface area contributed by atoms with Crippen molar-refractivity contribution >= 4 is 47.2 Å². The van der Waals surface area contributed by atoms with Crippen molar-refractivity contribution in [2.75, 3.05) is 6.61 Å².